The second-order valence-electron chi connectivity index (χ2n) is 4.73. The monoisotopic (exact) mass is 261 g/mol. The maximum absolute atomic E-state index is 6.41. The van der Waals surface area contributed by atoms with E-state index in [0.717, 1.165) is 24.2 Å². The van der Waals surface area contributed by atoms with Crippen molar-refractivity contribution in [1.82, 2.24) is 0 Å². The predicted molar refractivity (Wildman–Crippen MR) is 77.2 cm³/mol. The highest BCUT2D eigenvalue weighted by Crippen LogP contribution is 2.26. The van der Waals surface area contributed by atoms with Gasteiger partial charge in [0.2, 0.25) is 0 Å². The molecule has 0 aliphatic heterocycles. The number of methoxy groups -OCH3 is 1. The van der Waals surface area contributed by atoms with Crippen molar-refractivity contribution >= 4 is 11.3 Å². The quantitative estimate of drug-likeness (QED) is 0.893. The summed E-state index contributed by atoms with van der Waals surface area (Å²) in [6, 6.07) is 12.3. The first-order valence-electron chi connectivity index (χ1n) is 6.07. The number of benzene rings is 1. The molecule has 1 aromatic carbocycles. The maximum Gasteiger partial charge on any atom is 0.118 e. The summed E-state index contributed by atoms with van der Waals surface area (Å²) >= 11 is 1.79. The fourth-order valence-corrected chi connectivity index (χ4v) is 2.66. The molecule has 2 rings (SSSR count). The van der Waals surface area contributed by atoms with Gasteiger partial charge in [-0.15, -0.1) is 11.3 Å². The maximum atomic E-state index is 6.41. The first-order chi connectivity index (χ1) is 8.62. The third-order valence-electron chi connectivity index (χ3n) is 3.22. The number of rotatable bonds is 5. The van der Waals surface area contributed by atoms with Crippen molar-refractivity contribution in [2.45, 2.75) is 25.3 Å². The minimum atomic E-state index is -0.295. The van der Waals surface area contributed by atoms with Gasteiger partial charge in [0, 0.05) is 10.4 Å². The Kier molecular flexibility index (Phi) is 4.04. The van der Waals surface area contributed by atoms with Gasteiger partial charge in [-0.05, 0) is 48.9 Å². The molecule has 0 radical (unpaired) electrons. The Morgan fingerprint density at radius 1 is 1.22 bits per heavy atom. The number of hydrogen-bond donors (Lipinski definition) is 1. The molecule has 0 fully saturated rings. The zero-order valence-electron chi connectivity index (χ0n) is 10.8. The molecule has 0 saturated heterocycles. The average Bonchev–Trinajstić information content (AvgIpc) is 2.90. The second kappa shape index (κ2) is 5.55. The molecule has 1 aromatic heterocycles. The van der Waals surface area contributed by atoms with Crippen LogP contribution in [0.15, 0.2) is 41.8 Å². The van der Waals surface area contributed by atoms with Crippen molar-refractivity contribution in [3.05, 3.63) is 52.2 Å². The Hall–Kier alpha value is -1.32. The topological polar surface area (TPSA) is 35.2 Å². The summed E-state index contributed by atoms with van der Waals surface area (Å²) in [7, 11) is 1.67. The average molecular weight is 261 g/mol. The lowest BCUT2D eigenvalue weighted by Crippen LogP contribution is -2.33. The Morgan fingerprint density at radius 3 is 2.50 bits per heavy atom. The van der Waals surface area contributed by atoms with E-state index in [9.17, 15) is 0 Å². The highest BCUT2D eigenvalue weighted by Gasteiger charge is 2.21. The van der Waals surface area contributed by atoms with Crippen LogP contribution in [0.5, 0.6) is 5.75 Å². The van der Waals surface area contributed by atoms with Crippen LogP contribution >= 0.6 is 11.3 Å². The smallest absolute Gasteiger partial charge is 0.118 e. The Morgan fingerprint density at radius 2 is 1.94 bits per heavy atom. The lowest BCUT2D eigenvalue weighted by Gasteiger charge is -2.25. The standard InChI is InChI=1S/C15H19NOS/c1-15(16,10-9-14-4-3-11-18-14)12-5-7-13(17-2)8-6-12/h3-8,11H,9-10,16H2,1-2H3. The van der Waals surface area contributed by atoms with Gasteiger partial charge in [0.15, 0.2) is 0 Å². The Balaban J connectivity index is 2.04. The summed E-state index contributed by atoms with van der Waals surface area (Å²) in [5, 5.41) is 2.11. The zero-order chi connectivity index (χ0) is 13.0. The van der Waals surface area contributed by atoms with Crippen LogP contribution in [0.2, 0.25) is 0 Å². The van der Waals surface area contributed by atoms with Gasteiger partial charge in [0.1, 0.15) is 5.75 Å². The van der Waals surface area contributed by atoms with Crippen molar-refractivity contribution < 1.29 is 4.74 Å². The first kappa shape index (κ1) is 13.1. The minimum Gasteiger partial charge on any atom is -0.497 e. The molecular formula is C15H19NOS. The van der Waals surface area contributed by atoms with E-state index in [1.54, 1.807) is 18.4 Å². The molecule has 0 amide bonds. The van der Waals surface area contributed by atoms with Gasteiger partial charge >= 0.3 is 0 Å². The molecule has 0 aliphatic rings. The molecule has 0 spiro atoms. The van der Waals surface area contributed by atoms with E-state index in [0.29, 0.717) is 0 Å². The fraction of sp³-hybridized carbons (Fsp3) is 0.333. The molecule has 1 atom stereocenters. The van der Waals surface area contributed by atoms with Gasteiger partial charge in [-0.2, -0.15) is 0 Å². The van der Waals surface area contributed by atoms with Crippen LogP contribution in [0.3, 0.4) is 0 Å². The van der Waals surface area contributed by atoms with Gasteiger partial charge in [-0.3, -0.25) is 0 Å². The molecule has 96 valence electrons. The predicted octanol–water partition coefficient (Wildman–Crippen LogP) is 3.56. The molecule has 0 saturated carbocycles. The van der Waals surface area contributed by atoms with Crippen LogP contribution < -0.4 is 10.5 Å². The molecule has 2 nitrogen and oxygen atoms in total. The minimum absolute atomic E-state index is 0.295. The van der Waals surface area contributed by atoms with Gasteiger partial charge in [-0.1, -0.05) is 18.2 Å². The van der Waals surface area contributed by atoms with Crippen LogP contribution in [0, 0.1) is 0 Å². The molecule has 2 aromatic rings. The van der Waals surface area contributed by atoms with E-state index >= 15 is 0 Å². The summed E-state index contributed by atoms with van der Waals surface area (Å²) in [4.78, 5) is 1.39. The molecule has 0 aliphatic carbocycles. The summed E-state index contributed by atoms with van der Waals surface area (Å²) in [6.07, 6.45) is 1.97. The van der Waals surface area contributed by atoms with Crippen LogP contribution in [0.4, 0.5) is 0 Å². The second-order valence-corrected chi connectivity index (χ2v) is 5.76. The normalized spacial score (nSPS) is 14.2. The number of hydrogen-bond acceptors (Lipinski definition) is 3. The van der Waals surface area contributed by atoms with Crippen molar-refractivity contribution in [2.24, 2.45) is 5.73 Å². The van der Waals surface area contributed by atoms with Gasteiger partial charge < -0.3 is 10.5 Å². The summed E-state index contributed by atoms with van der Waals surface area (Å²) in [5.41, 5.74) is 7.27. The number of thiophene rings is 1. The highest BCUT2D eigenvalue weighted by molar-refractivity contribution is 7.09. The van der Waals surface area contributed by atoms with E-state index in [1.165, 1.54) is 4.88 Å². The molecule has 3 heteroatoms. The summed E-state index contributed by atoms with van der Waals surface area (Å²) < 4.78 is 5.16. The van der Waals surface area contributed by atoms with E-state index in [1.807, 2.05) is 24.3 Å². The molecular weight excluding hydrogens is 242 g/mol. The molecule has 18 heavy (non-hydrogen) atoms. The molecule has 1 unspecified atom stereocenters. The number of aryl methyl sites for hydroxylation is 1. The van der Waals surface area contributed by atoms with Gasteiger partial charge in [-0.25, -0.2) is 0 Å². The Bertz CT molecular complexity index is 474. The van der Waals surface area contributed by atoms with Crippen molar-refractivity contribution in [2.75, 3.05) is 7.11 Å². The largest absolute Gasteiger partial charge is 0.497 e. The first-order valence-corrected chi connectivity index (χ1v) is 6.95. The Labute approximate surface area is 112 Å². The van der Waals surface area contributed by atoms with Crippen molar-refractivity contribution in [3.8, 4) is 5.75 Å². The van der Waals surface area contributed by atoms with Crippen molar-refractivity contribution in [3.63, 3.8) is 0 Å². The zero-order valence-corrected chi connectivity index (χ0v) is 11.7. The number of nitrogens with two attached hydrogens (primary N) is 1. The third-order valence-corrected chi connectivity index (χ3v) is 4.16. The lowest BCUT2D eigenvalue weighted by atomic mass is 9.88. The fourth-order valence-electron chi connectivity index (χ4n) is 1.95. The van der Waals surface area contributed by atoms with Crippen LogP contribution in [-0.4, -0.2) is 7.11 Å². The van der Waals surface area contributed by atoms with E-state index in [4.69, 9.17) is 10.5 Å². The SMILES string of the molecule is COc1ccc(C(C)(N)CCc2cccs2)cc1. The van der Waals surface area contributed by atoms with Gasteiger partial charge in [0.05, 0.1) is 7.11 Å². The van der Waals surface area contributed by atoms with E-state index in [2.05, 4.69) is 24.4 Å². The van der Waals surface area contributed by atoms with Crippen LogP contribution in [0.1, 0.15) is 23.8 Å². The highest BCUT2D eigenvalue weighted by atomic mass is 32.1. The molecule has 1 heterocycles. The van der Waals surface area contributed by atoms with Crippen LogP contribution in [-0.2, 0) is 12.0 Å². The van der Waals surface area contributed by atoms with Crippen LogP contribution in [0.25, 0.3) is 0 Å². The molecule has 0 bridgehead atoms. The third kappa shape index (κ3) is 3.12. The van der Waals surface area contributed by atoms with E-state index < -0.39 is 0 Å². The van der Waals surface area contributed by atoms with Crippen molar-refractivity contribution in [1.29, 1.82) is 0 Å². The van der Waals surface area contributed by atoms with E-state index in [-0.39, 0.29) is 5.54 Å². The summed E-state index contributed by atoms with van der Waals surface area (Å²) in [6.45, 7) is 2.09. The lowest BCUT2D eigenvalue weighted by molar-refractivity contribution is 0.412. The number of ether oxygens (including phenoxy) is 1. The van der Waals surface area contributed by atoms with Gasteiger partial charge in [0.25, 0.3) is 0 Å². The summed E-state index contributed by atoms with van der Waals surface area (Å²) in [5.74, 6) is 0.868. The molecule has 2 N–H and O–H groups in total.